The van der Waals surface area contributed by atoms with Crippen LogP contribution in [0.5, 0.6) is 0 Å². The minimum absolute atomic E-state index is 0.135. The molecule has 0 heterocycles. The largest absolute Gasteiger partial charge is 0.469 e. The van der Waals surface area contributed by atoms with Crippen LogP contribution in [0, 0.1) is 11.8 Å². The molecule has 0 saturated heterocycles. The SMILES string of the molecule is COC(=O)CC(C)NCC1CC1C. The maximum absolute atomic E-state index is 10.9. The lowest BCUT2D eigenvalue weighted by atomic mass is 10.2. The summed E-state index contributed by atoms with van der Waals surface area (Å²) in [5.41, 5.74) is 0. The van der Waals surface area contributed by atoms with Gasteiger partial charge in [-0.15, -0.1) is 0 Å². The summed E-state index contributed by atoms with van der Waals surface area (Å²) in [7, 11) is 1.43. The van der Waals surface area contributed by atoms with Crippen molar-refractivity contribution in [3.63, 3.8) is 0 Å². The average molecular weight is 185 g/mol. The Labute approximate surface area is 79.8 Å². The van der Waals surface area contributed by atoms with Crippen molar-refractivity contribution in [2.75, 3.05) is 13.7 Å². The van der Waals surface area contributed by atoms with Gasteiger partial charge in [0, 0.05) is 6.04 Å². The van der Waals surface area contributed by atoms with Crippen LogP contribution < -0.4 is 5.32 Å². The number of nitrogens with one attached hydrogen (secondary N) is 1. The quantitative estimate of drug-likeness (QED) is 0.654. The molecule has 0 amide bonds. The summed E-state index contributed by atoms with van der Waals surface area (Å²) in [5.74, 6) is 1.57. The molecule has 0 spiro atoms. The highest BCUT2D eigenvalue weighted by Crippen LogP contribution is 2.36. The Kier molecular flexibility index (Phi) is 3.72. The van der Waals surface area contributed by atoms with Gasteiger partial charge in [0.15, 0.2) is 0 Å². The molecule has 3 heteroatoms. The van der Waals surface area contributed by atoms with Crippen LogP contribution in [0.1, 0.15) is 26.7 Å². The molecule has 0 aromatic carbocycles. The molecule has 3 nitrogen and oxygen atoms in total. The van der Waals surface area contributed by atoms with Gasteiger partial charge in [0.2, 0.25) is 0 Å². The number of ether oxygens (including phenoxy) is 1. The van der Waals surface area contributed by atoms with Gasteiger partial charge in [0.05, 0.1) is 13.5 Å². The zero-order chi connectivity index (χ0) is 9.84. The predicted octanol–water partition coefficient (Wildman–Crippen LogP) is 1.18. The van der Waals surface area contributed by atoms with Crippen LogP contribution in [0.4, 0.5) is 0 Å². The number of rotatable bonds is 5. The minimum atomic E-state index is -0.135. The molecule has 0 aromatic rings. The second-order valence-corrected chi connectivity index (χ2v) is 4.06. The summed E-state index contributed by atoms with van der Waals surface area (Å²) in [5, 5.41) is 3.34. The fraction of sp³-hybridized carbons (Fsp3) is 0.900. The van der Waals surface area contributed by atoms with Crippen LogP contribution in [0.3, 0.4) is 0 Å². The van der Waals surface area contributed by atoms with Crippen LogP contribution in [0.25, 0.3) is 0 Å². The zero-order valence-electron chi connectivity index (χ0n) is 8.67. The molecule has 1 N–H and O–H groups in total. The number of hydrogen-bond acceptors (Lipinski definition) is 3. The standard InChI is InChI=1S/C10H19NO2/c1-7-4-9(7)6-11-8(2)5-10(12)13-3/h7-9,11H,4-6H2,1-3H3. The highest BCUT2D eigenvalue weighted by molar-refractivity contribution is 5.69. The Morgan fingerprint density at radius 1 is 1.69 bits per heavy atom. The smallest absolute Gasteiger partial charge is 0.307 e. The Morgan fingerprint density at radius 3 is 2.77 bits per heavy atom. The summed E-state index contributed by atoms with van der Waals surface area (Å²) in [6, 6.07) is 0.236. The van der Waals surface area contributed by atoms with E-state index < -0.39 is 0 Å². The predicted molar refractivity (Wildman–Crippen MR) is 51.4 cm³/mol. The van der Waals surface area contributed by atoms with Crippen molar-refractivity contribution in [3.8, 4) is 0 Å². The van der Waals surface area contributed by atoms with E-state index in [0.29, 0.717) is 6.42 Å². The first-order valence-corrected chi connectivity index (χ1v) is 4.93. The third-order valence-corrected chi connectivity index (χ3v) is 2.71. The molecule has 76 valence electrons. The summed E-state index contributed by atoms with van der Waals surface area (Å²) < 4.78 is 4.59. The molecule has 13 heavy (non-hydrogen) atoms. The van der Waals surface area contributed by atoms with Gasteiger partial charge in [-0.1, -0.05) is 6.92 Å². The van der Waals surface area contributed by atoms with E-state index in [1.54, 1.807) is 0 Å². The molecule has 1 aliphatic rings. The monoisotopic (exact) mass is 185 g/mol. The fourth-order valence-electron chi connectivity index (χ4n) is 1.44. The average Bonchev–Trinajstić information content (AvgIpc) is 2.78. The topological polar surface area (TPSA) is 38.3 Å². The third kappa shape index (κ3) is 3.77. The molecular formula is C10H19NO2. The highest BCUT2D eigenvalue weighted by Gasteiger charge is 2.32. The van der Waals surface area contributed by atoms with Gasteiger partial charge in [0.25, 0.3) is 0 Å². The van der Waals surface area contributed by atoms with E-state index in [-0.39, 0.29) is 12.0 Å². The van der Waals surface area contributed by atoms with E-state index in [4.69, 9.17) is 0 Å². The van der Waals surface area contributed by atoms with Crippen molar-refractivity contribution in [1.29, 1.82) is 0 Å². The van der Waals surface area contributed by atoms with E-state index >= 15 is 0 Å². The lowest BCUT2D eigenvalue weighted by Gasteiger charge is -2.11. The zero-order valence-corrected chi connectivity index (χ0v) is 8.67. The maximum Gasteiger partial charge on any atom is 0.307 e. The number of carbonyl (C=O) groups is 1. The van der Waals surface area contributed by atoms with Crippen molar-refractivity contribution < 1.29 is 9.53 Å². The number of hydrogen-bond donors (Lipinski definition) is 1. The van der Waals surface area contributed by atoms with Crippen LogP contribution in [0.15, 0.2) is 0 Å². The lowest BCUT2D eigenvalue weighted by molar-refractivity contribution is -0.141. The van der Waals surface area contributed by atoms with E-state index in [0.717, 1.165) is 18.4 Å². The molecule has 0 radical (unpaired) electrons. The van der Waals surface area contributed by atoms with Gasteiger partial charge in [-0.05, 0) is 31.7 Å². The second kappa shape index (κ2) is 4.61. The maximum atomic E-state index is 10.9. The Balaban J connectivity index is 2.03. The molecular weight excluding hydrogens is 166 g/mol. The van der Waals surface area contributed by atoms with Crippen molar-refractivity contribution in [2.45, 2.75) is 32.7 Å². The van der Waals surface area contributed by atoms with Gasteiger partial charge in [-0.3, -0.25) is 4.79 Å². The summed E-state index contributed by atoms with van der Waals surface area (Å²) >= 11 is 0. The molecule has 1 aliphatic carbocycles. The molecule has 1 fully saturated rings. The van der Waals surface area contributed by atoms with E-state index in [2.05, 4.69) is 17.0 Å². The molecule has 1 saturated carbocycles. The summed E-state index contributed by atoms with van der Waals surface area (Å²) in [6.45, 7) is 5.32. The number of carbonyl (C=O) groups excluding carboxylic acids is 1. The van der Waals surface area contributed by atoms with Crippen molar-refractivity contribution in [3.05, 3.63) is 0 Å². The van der Waals surface area contributed by atoms with Gasteiger partial charge in [-0.2, -0.15) is 0 Å². The first kappa shape index (κ1) is 10.5. The Hall–Kier alpha value is -0.570. The van der Waals surface area contributed by atoms with Crippen molar-refractivity contribution in [1.82, 2.24) is 5.32 Å². The fourth-order valence-corrected chi connectivity index (χ4v) is 1.44. The second-order valence-electron chi connectivity index (χ2n) is 4.06. The van der Waals surface area contributed by atoms with Crippen molar-refractivity contribution >= 4 is 5.97 Å². The molecule has 1 rings (SSSR count). The molecule has 3 unspecified atom stereocenters. The van der Waals surface area contributed by atoms with E-state index in [1.807, 2.05) is 6.92 Å². The molecule has 0 aromatic heterocycles. The molecule has 0 bridgehead atoms. The number of methoxy groups -OCH3 is 1. The Morgan fingerprint density at radius 2 is 2.31 bits per heavy atom. The van der Waals surface area contributed by atoms with Crippen LogP contribution >= 0.6 is 0 Å². The highest BCUT2D eigenvalue weighted by atomic mass is 16.5. The number of esters is 1. The summed E-state index contributed by atoms with van der Waals surface area (Å²) in [6.07, 6.45) is 1.80. The van der Waals surface area contributed by atoms with Crippen LogP contribution in [-0.2, 0) is 9.53 Å². The first-order valence-electron chi connectivity index (χ1n) is 4.93. The van der Waals surface area contributed by atoms with Gasteiger partial charge in [0.1, 0.15) is 0 Å². The van der Waals surface area contributed by atoms with Crippen LogP contribution in [0.2, 0.25) is 0 Å². The normalized spacial score (nSPS) is 28.2. The van der Waals surface area contributed by atoms with Gasteiger partial charge >= 0.3 is 5.97 Å². The van der Waals surface area contributed by atoms with Gasteiger partial charge < -0.3 is 10.1 Å². The third-order valence-electron chi connectivity index (χ3n) is 2.71. The van der Waals surface area contributed by atoms with Gasteiger partial charge in [-0.25, -0.2) is 0 Å². The molecule has 3 atom stereocenters. The minimum Gasteiger partial charge on any atom is -0.469 e. The lowest BCUT2D eigenvalue weighted by Crippen LogP contribution is -2.30. The first-order chi connectivity index (χ1) is 6.13. The molecule has 0 aliphatic heterocycles. The summed E-state index contributed by atoms with van der Waals surface area (Å²) in [4.78, 5) is 10.9. The van der Waals surface area contributed by atoms with Crippen LogP contribution in [-0.4, -0.2) is 25.7 Å². The Bertz CT molecular complexity index is 182. The van der Waals surface area contributed by atoms with E-state index in [1.165, 1.54) is 13.5 Å². The van der Waals surface area contributed by atoms with Crippen molar-refractivity contribution in [2.24, 2.45) is 11.8 Å². The van der Waals surface area contributed by atoms with E-state index in [9.17, 15) is 4.79 Å².